The Labute approximate surface area is 594 Å². The van der Waals surface area contributed by atoms with E-state index in [4.69, 9.17) is 37.0 Å². The van der Waals surface area contributed by atoms with Gasteiger partial charge < -0.3 is 33.8 Å². The molecule has 97 heavy (non-hydrogen) atoms. The number of unbranched alkanes of at least 4 members (excludes halogenated alkanes) is 39. The number of carbonyl (C=O) groups is 4. The maximum absolute atomic E-state index is 13.1. The molecule has 5 unspecified atom stereocenters. The normalized spacial score (nSPS) is 14.6. The lowest BCUT2D eigenvalue weighted by atomic mass is 9.99. The van der Waals surface area contributed by atoms with E-state index < -0.39 is 97.5 Å². The summed E-state index contributed by atoms with van der Waals surface area (Å²) < 4.78 is 68.5. The van der Waals surface area contributed by atoms with Crippen LogP contribution in [0.1, 0.15) is 396 Å². The zero-order valence-corrected chi connectivity index (χ0v) is 65.5. The van der Waals surface area contributed by atoms with Gasteiger partial charge in [0.05, 0.1) is 26.4 Å². The van der Waals surface area contributed by atoms with Gasteiger partial charge in [-0.25, -0.2) is 9.13 Å². The fourth-order valence-corrected chi connectivity index (χ4v) is 13.4. The van der Waals surface area contributed by atoms with Gasteiger partial charge in [-0.05, 0) is 49.4 Å². The Hall–Kier alpha value is -1.94. The third kappa shape index (κ3) is 69.5. The lowest BCUT2D eigenvalue weighted by Gasteiger charge is -2.21. The fraction of sp³-hybridized carbons (Fsp3) is 0.949. The highest BCUT2D eigenvalue weighted by molar-refractivity contribution is 7.47. The molecule has 0 aliphatic heterocycles. The minimum Gasteiger partial charge on any atom is -0.462 e. The molecule has 0 radical (unpaired) electrons. The molecule has 0 aromatic heterocycles. The Balaban J connectivity index is 5.17. The summed E-state index contributed by atoms with van der Waals surface area (Å²) in [5.74, 6) is 0.961. The molecule has 0 heterocycles. The lowest BCUT2D eigenvalue weighted by Crippen LogP contribution is -2.30. The van der Waals surface area contributed by atoms with E-state index in [2.05, 4.69) is 55.4 Å². The number of hydrogen-bond donors (Lipinski definition) is 3. The molecule has 0 aromatic rings. The second kappa shape index (κ2) is 67.2. The van der Waals surface area contributed by atoms with Gasteiger partial charge in [0.25, 0.3) is 0 Å². The quantitative estimate of drug-likeness (QED) is 0.0222. The van der Waals surface area contributed by atoms with Crippen LogP contribution in [0.3, 0.4) is 0 Å². The number of aliphatic hydroxyl groups excluding tert-OH is 1. The van der Waals surface area contributed by atoms with E-state index in [1.807, 2.05) is 0 Å². The Morgan fingerprint density at radius 3 is 0.732 bits per heavy atom. The molecular weight excluding hydrogens is 1270 g/mol. The summed E-state index contributed by atoms with van der Waals surface area (Å²) >= 11 is 0. The molecular formula is C78H152O17P2. The number of phosphoric ester groups is 2. The van der Waals surface area contributed by atoms with Crippen LogP contribution in [0.4, 0.5) is 0 Å². The first-order chi connectivity index (χ1) is 46.7. The van der Waals surface area contributed by atoms with E-state index in [1.165, 1.54) is 193 Å². The SMILES string of the molecule is CCC(C)CCCCCCCCCCCCCCCCC(=O)O[C@H](COC(=O)CCCCCCCCCC(C)C)COP(=O)(O)OCC(O)COP(=O)(O)OC[C@@H](COC(=O)CCCCCCCCCCCCCCCCCCC(C)C)OC(=O)CCCCCCCCC(C)CC. The van der Waals surface area contributed by atoms with Gasteiger partial charge in [-0.1, -0.05) is 344 Å². The summed E-state index contributed by atoms with van der Waals surface area (Å²) in [5, 5.41) is 10.6. The standard InChI is InChI=1S/C78H152O17P2/c1-9-70(7)56-48-40-32-26-22-18-15-16-20-24-28-34-44-52-60-77(82)94-73(64-89-76(81)59-51-43-35-29-31-39-47-55-69(5)6)66-92-96(84,85)90-62-72(79)63-91-97(86,87)93-67-74(95-78(83)61-53-45-37-36-41-49-57-71(8)10-2)65-88-75(80)58-50-42-33-27-23-19-14-12-11-13-17-21-25-30-38-46-54-68(3)4/h68-74,79H,9-67H2,1-8H3,(H,84,85)(H,86,87)/t70?,71?,72?,73-,74-/m1/s1. The molecule has 0 bridgehead atoms. The average molecular weight is 1420 g/mol. The van der Waals surface area contributed by atoms with Crippen molar-refractivity contribution >= 4 is 39.5 Å². The Kier molecular flexibility index (Phi) is 65.9. The van der Waals surface area contributed by atoms with Crippen LogP contribution in [0.25, 0.3) is 0 Å². The highest BCUT2D eigenvalue weighted by atomic mass is 31.2. The van der Waals surface area contributed by atoms with Gasteiger partial charge in [-0.15, -0.1) is 0 Å². The second-order valence-electron chi connectivity index (χ2n) is 29.5. The average Bonchev–Trinajstić information content (AvgIpc) is 1.24. The van der Waals surface area contributed by atoms with Gasteiger partial charge in [0.15, 0.2) is 12.2 Å². The summed E-state index contributed by atoms with van der Waals surface area (Å²) in [4.78, 5) is 72.8. The van der Waals surface area contributed by atoms with Gasteiger partial charge in [-0.2, -0.15) is 0 Å². The molecule has 576 valence electrons. The largest absolute Gasteiger partial charge is 0.472 e. The van der Waals surface area contributed by atoms with Crippen molar-refractivity contribution in [2.45, 2.75) is 414 Å². The molecule has 0 fully saturated rings. The molecule has 0 aromatic carbocycles. The molecule has 0 aliphatic rings. The molecule has 0 spiro atoms. The number of carbonyl (C=O) groups excluding carboxylic acids is 4. The van der Waals surface area contributed by atoms with Crippen molar-refractivity contribution in [3.8, 4) is 0 Å². The Morgan fingerprint density at radius 1 is 0.289 bits per heavy atom. The number of rotatable bonds is 75. The van der Waals surface area contributed by atoms with E-state index >= 15 is 0 Å². The topological polar surface area (TPSA) is 237 Å². The van der Waals surface area contributed by atoms with Crippen LogP contribution in [0.5, 0.6) is 0 Å². The first-order valence-electron chi connectivity index (χ1n) is 40.3. The fourth-order valence-electron chi connectivity index (χ4n) is 11.8. The first kappa shape index (κ1) is 95.1. The molecule has 0 saturated carbocycles. The molecule has 0 rings (SSSR count). The highest BCUT2D eigenvalue weighted by Gasteiger charge is 2.30. The van der Waals surface area contributed by atoms with Crippen molar-refractivity contribution in [2.75, 3.05) is 39.6 Å². The van der Waals surface area contributed by atoms with Crippen molar-refractivity contribution in [2.24, 2.45) is 23.7 Å². The molecule has 7 atom stereocenters. The van der Waals surface area contributed by atoms with Gasteiger partial charge in [-0.3, -0.25) is 37.3 Å². The number of ether oxygens (including phenoxy) is 4. The predicted octanol–water partition coefficient (Wildman–Crippen LogP) is 22.8. The summed E-state index contributed by atoms with van der Waals surface area (Å²) in [7, 11) is -9.91. The van der Waals surface area contributed by atoms with Gasteiger partial charge in [0, 0.05) is 25.7 Å². The predicted molar refractivity (Wildman–Crippen MR) is 395 cm³/mol. The van der Waals surface area contributed by atoms with Crippen LogP contribution < -0.4 is 0 Å². The van der Waals surface area contributed by atoms with E-state index in [0.717, 1.165) is 114 Å². The minimum atomic E-state index is -4.96. The van der Waals surface area contributed by atoms with Crippen LogP contribution in [0, 0.1) is 23.7 Å². The first-order valence-corrected chi connectivity index (χ1v) is 43.3. The third-order valence-electron chi connectivity index (χ3n) is 18.8. The smallest absolute Gasteiger partial charge is 0.462 e. The van der Waals surface area contributed by atoms with Crippen molar-refractivity contribution in [3.63, 3.8) is 0 Å². The van der Waals surface area contributed by atoms with E-state index in [-0.39, 0.29) is 25.7 Å². The maximum Gasteiger partial charge on any atom is 0.472 e. The lowest BCUT2D eigenvalue weighted by molar-refractivity contribution is -0.161. The minimum absolute atomic E-state index is 0.103. The van der Waals surface area contributed by atoms with Gasteiger partial charge >= 0.3 is 39.5 Å². The van der Waals surface area contributed by atoms with Gasteiger partial charge in [0.2, 0.25) is 0 Å². The van der Waals surface area contributed by atoms with E-state index in [9.17, 15) is 43.2 Å². The van der Waals surface area contributed by atoms with Crippen LogP contribution in [0.15, 0.2) is 0 Å². The van der Waals surface area contributed by atoms with Crippen molar-refractivity contribution in [1.82, 2.24) is 0 Å². The third-order valence-corrected chi connectivity index (χ3v) is 20.7. The maximum atomic E-state index is 13.1. The second-order valence-corrected chi connectivity index (χ2v) is 32.4. The zero-order chi connectivity index (χ0) is 71.7. The van der Waals surface area contributed by atoms with Crippen molar-refractivity contribution in [3.05, 3.63) is 0 Å². The van der Waals surface area contributed by atoms with E-state index in [0.29, 0.717) is 31.6 Å². The highest BCUT2D eigenvalue weighted by Crippen LogP contribution is 2.45. The van der Waals surface area contributed by atoms with Crippen molar-refractivity contribution in [1.29, 1.82) is 0 Å². The molecule has 0 aliphatic carbocycles. The molecule has 0 saturated heterocycles. The van der Waals surface area contributed by atoms with Crippen LogP contribution in [-0.2, 0) is 65.4 Å². The van der Waals surface area contributed by atoms with Crippen molar-refractivity contribution < 1.29 is 80.2 Å². The summed E-state index contributed by atoms with van der Waals surface area (Å²) in [5.41, 5.74) is 0. The Bertz CT molecular complexity index is 1910. The molecule has 17 nitrogen and oxygen atoms in total. The Morgan fingerprint density at radius 2 is 0.495 bits per heavy atom. The molecule has 0 amide bonds. The molecule has 3 N–H and O–H groups in total. The number of hydrogen-bond acceptors (Lipinski definition) is 15. The zero-order valence-electron chi connectivity index (χ0n) is 63.7. The molecule has 19 heteroatoms. The van der Waals surface area contributed by atoms with Gasteiger partial charge in [0.1, 0.15) is 19.3 Å². The number of phosphoric acid groups is 2. The summed E-state index contributed by atoms with van der Waals surface area (Å²) in [6.07, 6.45) is 52.9. The summed E-state index contributed by atoms with van der Waals surface area (Å²) in [6.45, 7) is 14.2. The van der Waals surface area contributed by atoms with Crippen LogP contribution in [-0.4, -0.2) is 96.7 Å². The monoisotopic (exact) mass is 1420 g/mol. The van der Waals surface area contributed by atoms with E-state index in [1.54, 1.807) is 0 Å². The van der Waals surface area contributed by atoms with Crippen LogP contribution in [0.2, 0.25) is 0 Å². The summed E-state index contributed by atoms with van der Waals surface area (Å²) in [6, 6.07) is 0. The van der Waals surface area contributed by atoms with Crippen LogP contribution >= 0.6 is 15.6 Å². The number of esters is 4. The number of aliphatic hydroxyl groups is 1.